The highest BCUT2D eigenvalue weighted by atomic mass is 127. The van der Waals surface area contributed by atoms with E-state index in [2.05, 4.69) is 20.9 Å². The number of aliphatic imine (C=N–C) groups is 1. The number of hydrogen-bond donors (Lipinski definition) is 3. The van der Waals surface area contributed by atoms with Crippen LogP contribution in [0.1, 0.15) is 59.3 Å². The normalized spacial score (nSPS) is 20.5. The van der Waals surface area contributed by atoms with E-state index >= 15 is 0 Å². The van der Waals surface area contributed by atoms with Crippen molar-refractivity contribution in [3.8, 4) is 0 Å². The molecule has 3 N–H and O–H groups in total. The summed E-state index contributed by atoms with van der Waals surface area (Å²) in [5, 5.41) is 9.72. The Balaban J connectivity index is 0.00000364. The average molecular weight is 493 g/mol. The lowest BCUT2D eigenvalue weighted by Crippen LogP contribution is -2.45. The number of likely N-dealkylation sites (tertiary alicyclic amines) is 1. The van der Waals surface area contributed by atoms with Crippen LogP contribution in [-0.4, -0.2) is 60.9 Å². The van der Waals surface area contributed by atoms with Gasteiger partial charge in [-0.2, -0.15) is 0 Å². The zero-order valence-electron chi connectivity index (χ0n) is 16.9. The van der Waals surface area contributed by atoms with Crippen LogP contribution in [0.3, 0.4) is 0 Å². The zero-order valence-corrected chi connectivity index (χ0v) is 19.3. The molecule has 8 heteroatoms. The standard InChI is InChI=1S/C19H35N5O2.HI/c1-4-20-19(21-11-9-17(25)22-15-7-5-6-8-15)23-16-10-12-24(13-16)18(26)14(2)3;/h14-16H,4-13H2,1-3H3,(H,22,25)(H2,20,21,23);1H. The summed E-state index contributed by atoms with van der Waals surface area (Å²) < 4.78 is 0. The summed E-state index contributed by atoms with van der Waals surface area (Å²) in [6, 6.07) is 0.573. The Morgan fingerprint density at radius 3 is 2.44 bits per heavy atom. The van der Waals surface area contributed by atoms with Gasteiger partial charge in [0.1, 0.15) is 0 Å². The summed E-state index contributed by atoms with van der Waals surface area (Å²) >= 11 is 0. The molecule has 0 aromatic heterocycles. The summed E-state index contributed by atoms with van der Waals surface area (Å²) in [7, 11) is 0. The Kier molecular flexibility index (Phi) is 11.0. The zero-order chi connectivity index (χ0) is 18.9. The maximum atomic E-state index is 12.1. The quantitative estimate of drug-likeness (QED) is 0.287. The van der Waals surface area contributed by atoms with Gasteiger partial charge in [0.2, 0.25) is 11.8 Å². The van der Waals surface area contributed by atoms with E-state index in [1.165, 1.54) is 12.8 Å². The predicted octanol–water partition coefficient (Wildman–Crippen LogP) is 1.87. The van der Waals surface area contributed by atoms with E-state index in [-0.39, 0.29) is 47.8 Å². The Morgan fingerprint density at radius 2 is 1.81 bits per heavy atom. The van der Waals surface area contributed by atoms with Crippen LogP contribution >= 0.6 is 24.0 Å². The molecule has 1 saturated heterocycles. The first-order chi connectivity index (χ1) is 12.5. The van der Waals surface area contributed by atoms with Gasteiger partial charge in [0.25, 0.3) is 0 Å². The monoisotopic (exact) mass is 493 g/mol. The summed E-state index contributed by atoms with van der Waals surface area (Å²) in [5.41, 5.74) is 0. The largest absolute Gasteiger partial charge is 0.357 e. The number of carbonyl (C=O) groups is 2. The van der Waals surface area contributed by atoms with Gasteiger partial charge in [-0.1, -0.05) is 26.7 Å². The van der Waals surface area contributed by atoms with Gasteiger partial charge < -0.3 is 20.9 Å². The summed E-state index contributed by atoms with van der Waals surface area (Å²) in [4.78, 5) is 30.5. The molecule has 27 heavy (non-hydrogen) atoms. The van der Waals surface area contributed by atoms with Crippen LogP contribution in [-0.2, 0) is 9.59 Å². The van der Waals surface area contributed by atoms with Crippen molar-refractivity contribution in [2.75, 3.05) is 26.2 Å². The number of amides is 2. The number of carbonyl (C=O) groups excluding carboxylic acids is 2. The fourth-order valence-corrected chi connectivity index (χ4v) is 3.60. The molecule has 1 atom stereocenters. The fraction of sp³-hybridized carbons (Fsp3) is 0.842. The van der Waals surface area contributed by atoms with Crippen LogP contribution in [0.15, 0.2) is 4.99 Å². The maximum absolute atomic E-state index is 12.1. The van der Waals surface area contributed by atoms with Crippen molar-refractivity contribution in [2.24, 2.45) is 10.9 Å². The van der Waals surface area contributed by atoms with E-state index in [0.717, 1.165) is 38.3 Å². The highest BCUT2D eigenvalue weighted by molar-refractivity contribution is 14.0. The molecule has 0 aromatic rings. The Bertz CT molecular complexity index is 506. The van der Waals surface area contributed by atoms with Crippen LogP contribution < -0.4 is 16.0 Å². The van der Waals surface area contributed by atoms with Crippen LogP contribution in [0, 0.1) is 5.92 Å². The topological polar surface area (TPSA) is 85.8 Å². The first-order valence-electron chi connectivity index (χ1n) is 10.1. The van der Waals surface area contributed by atoms with Gasteiger partial charge in [-0.25, -0.2) is 0 Å². The highest BCUT2D eigenvalue weighted by Crippen LogP contribution is 2.17. The molecule has 156 valence electrons. The fourth-order valence-electron chi connectivity index (χ4n) is 3.60. The third-order valence-electron chi connectivity index (χ3n) is 5.01. The third-order valence-corrected chi connectivity index (χ3v) is 5.01. The second kappa shape index (κ2) is 12.4. The van der Waals surface area contributed by atoms with Gasteiger partial charge in [0.15, 0.2) is 5.96 Å². The van der Waals surface area contributed by atoms with Gasteiger partial charge in [0, 0.05) is 44.1 Å². The van der Waals surface area contributed by atoms with E-state index < -0.39 is 0 Å². The number of rotatable bonds is 7. The van der Waals surface area contributed by atoms with Crippen molar-refractivity contribution >= 4 is 41.8 Å². The first kappa shape index (κ1) is 24.0. The number of nitrogens with zero attached hydrogens (tertiary/aromatic N) is 2. The smallest absolute Gasteiger partial charge is 0.225 e. The van der Waals surface area contributed by atoms with Crippen LogP contribution in [0.5, 0.6) is 0 Å². The molecule has 0 bridgehead atoms. The van der Waals surface area contributed by atoms with E-state index in [1.807, 2.05) is 25.7 Å². The number of halogens is 1. The van der Waals surface area contributed by atoms with Crippen molar-refractivity contribution in [1.29, 1.82) is 0 Å². The molecule has 7 nitrogen and oxygen atoms in total. The summed E-state index contributed by atoms with van der Waals surface area (Å²) in [6.07, 6.45) is 5.98. The molecule has 0 aromatic carbocycles. The lowest BCUT2D eigenvalue weighted by atomic mass is 10.2. The molecule has 1 aliphatic carbocycles. The minimum Gasteiger partial charge on any atom is -0.357 e. The lowest BCUT2D eigenvalue weighted by Gasteiger charge is -2.20. The van der Waals surface area contributed by atoms with E-state index in [4.69, 9.17) is 0 Å². The van der Waals surface area contributed by atoms with Crippen LogP contribution in [0.25, 0.3) is 0 Å². The predicted molar refractivity (Wildman–Crippen MR) is 119 cm³/mol. The molecule has 0 radical (unpaired) electrons. The molecule has 0 spiro atoms. The maximum Gasteiger partial charge on any atom is 0.225 e. The third kappa shape index (κ3) is 8.23. The molecule has 2 fully saturated rings. The van der Waals surface area contributed by atoms with Crippen molar-refractivity contribution in [3.05, 3.63) is 0 Å². The van der Waals surface area contributed by atoms with E-state index in [1.54, 1.807) is 0 Å². The molecule has 2 amide bonds. The van der Waals surface area contributed by atoms with Gasteiger partial charge in [0.05, 0.1) is 6.54 Å². The summed E-state index contributed by atoms with van der Waals surface area (Å²) in [5.74, 6) is 1.06. The lowest BCUT2D eigenvalue weighted by molar-refractivity contribution is -0.133. The van der Waals surface area contributed by atoms with Crippen molar-refractivity contribution in [2.45, 2.75) is 71.4 Å². The molecule has 1 saturated carbocycles. The van der Waals surface area contributed by atoms with Crippen LogP contribution in [0.2, 0.25) is 0 Å². The molecular weight excluding hydrogens is 457 g/mol. The average Bonchev–Trinajstić information content (AvgIpc) is 3.26. The molecule has 1 unspecified atom stereocenters. The molecule has 2 rings (SSSR count). The second-order valence-corrected chi connectivity index (χ2v) is 7.63. The molecule has 1 heterocycles. The van der Waals surface area contributed by atoms with Gasteiger partial charge in [-0.15, -0.1) is 24.0 Å². The van der Waals surface area contributed by atoms with E-state index in [0.29, 0.717) is 25.6 Å². The SMILES string of the molecule is CCNC(=NCCC(=O)NC1CCCC1)NC1CCN(C(=O)C(C)C)C1.I. The van der Waals surface area contributed by atoms with Crippen molar-refractivity contribution in [3.63, 3.8) is 0 Å². The van der Waals surface area contributed by atoms with Crippen molar-refractivity contribution < 1.29 is 9.59 Å². The van der Waals surface area contributed by atoms with Gasteiger partial charge >= 0.3 is 0 Å². The Morgan fingerprint density at radius 1 is 1.11 bits per heavy atom. The van der Waals surface area contributed by atoms with Gasteiger partial charge in [-0.05, 0) is 26.2 Å². The second-order valence-electron chi connectivity index (χ2n) is 7.63. The number of nitrogens with one attached hydrogen (secondary N) is 3. The number of guanidine groups is 1. The van der Waals surface area contributed by atoms with Gasteiger partial charge in [-0.3, -0.25) is 14.6 Å². The van der Waals surface area contributed by atoms with Crippen LogP contribution in [0.4, 0.5) is 0 Å². The Hall–Kier alpha value is -1.06. The Labute approximate surface area is 180 Å². The summed E-state index contributed by atoms with van der Waals surface area (Å²) in [6.45, 7) is 8.63. The van der Waals surface area contributed by atoms with Crippen molar-refractivity contribution in [1.82, 2.24) is 20.9 Å². The molecule has 2 aliphatic rings. The van der Waals surface area contributed by atoms with E-state index in [9.17, 15) is 9.59 Å². The number of hydrogen-bond acceptors (Lipinski definition) is 3. The highest BCUT2D eigenvalue weighted by Gasteiger charge is 2.28. The first-order valence-corrected chi connectivity index (χ1v) is 10.1. The minimum absolute atomic E-state index is 0. The molecular formula is C19H36IN5O2. The minimum atomic E-state index is 0. The molecule has 1 aliphatic heterocycles.